The molecule has 0 atom stereocenters. The molecule has 0 aliphatic rings. The molecular weight excluding hydrogens is 262 g/mol. The van der Waals surface area contributed by atoms with Gasteiger partial charge in [-0.05, 0) is 15.2 Å². The van der Waals surface area contributed by atoms with Crippen molar-refractivity contribution >= 4 is 15.2 Å². The molecule has 9 nitrogen and oxygen atoms in total. The first-order chi connectivity index (χ1) is 7.08. The lowest BCUT2D eigenvalue weighted by Gasteiger charge is -2.55. The summed E-state index contributed by atoms with van der Waals surface area (Å²) in [4.78, 5) is 46.0. The smallest absolute Gasteiger partial charge is 0.135 e. The van der Waals surface area contributed by atoms with Crippen molar-refractivity contribution in [2.75, 3.05) is 0 Å². The zero-order valence-corrected chi connectivity index (χ0v) is 9.41. The lowest BCUT2D eigenvalue weighted by Crippen LogP contribution is -2.48. The van der Waals surface area contributed by atoms with Gasteiger partial charge in [0.2, 0.25) is 0 Å². The third-order valence-corrected chi connectivity index (χ3v) is 5.34. The monoisotopic (exact) mass is 268 g/mol. The summed E-state index contributed by atoms with van der Waals surface area (Å²) >= 11 is 0. The highest BCUT2D eigenvalue weighted by atomic mass is 31.2. The first kappa shape index (κ1) is 13.5. The first-order valence-corrected chi connectivity index (χ1v) is 6.89. The van der Waals surface area contributed by atoms with Gasteiger partial charge in [0.25, 0.3) is 0 Å². The second-order valence-corrected chi connectivity index (χ2v) is 6.83. The number of hydrogen-bond acceptors (Lipinski definition) is 8. The maximum absolute atomic E-state index is 10.6. The first-order valence-electron chi connectivity index (χ1n) is 3.80. The number of imidazole rings is 1. The molecule has 0 bridgehead atoms. The zero-order chi connectivity index (χ0) is 12.6. The average Bonchev–Trinajstić information content (AvgIpc) is 2.52. The van der Waals surface area contributed by atoms with Crippen LogP contribution in [-0.4, -0.2) is 19.7 Å². The van der Waals surface area contributed by atoms with Gasteiger partial charge in [-0.3, -0.25) is 0 Å². The number of nitrogens with zero attached hydrogens (tertiary/aromatic N) is 2. The summed E-state index contributed by atoms with van der Waals surface area (Å²) in [5, 5.41) is 5.34. The maximum Gasteiger partial charge on any atom is 0.135 e. The summed E-state index contributed by atoms with van der Waals surface area (Å²) < 4.78 is 22.1. The Balaban J connectivity index is 3.18. The fourth-order valence-electron chi connectivity index (χ4n) is 0.948. The van der Waals surface area contributed by atoms with Crippen LogP contribution in [0, 0.1) is 0 Å². The summed E-state index contributed by atoms with van der Waals surface area (Å²) in [6, 6.07) is 0. The number of hydrogen-bond donors (Lipinski definition) is 1. The summed E-state index contributed by atoms with van der Waals surface area (Å²) in [6.45, 7) is -1.21. The van der Waals surface area contributed by atoms with E-state index >= 15 is 0 Å². The lowest BCUT2D eigenvalue weighted by atomic mass is 10.6. The maximum atomic E-state index is 10.6. The fraction of sp³-hybridized carbons (Fsp3) is 0.400. The van der Waals surface area contributed by atoms with Crippen molar-refractivity contribution in [3.05, 3.63) is 18.7 Å². The molecule has 0 radical (unpaired) electrons. The van der Waals surface area contributed by atoms with Crippen LogP contribution in [-0.2, 0) is 15.7 Å². The quantitative estimate of drug-likeness (QED) is 0.546. The number of aliphatic hydroxyl groups is 1. The van der Waals surface area contributed by atoms with E-state index in [0.29, 0.717) is 0 Å². The normalized spacial score (nSPS) is 14.1. The molecule has 1 aromatic rings. The Morgan fingerprint density at radius 2 is 1.75 bits per heavy atom. The van der Waals surface area contributed by atoms with E-state index in [2.05, 4.69) is 4.98 Å². The van der Waals surface area contributed by atoms with Gasteiger partial charge < -0.3 is 38.4 Å². The van der Waals surface area contributed by atoms with Gasteiger partial charge in [-0.1, -0.05) is 0 Å². The van der Waals surface area contributed by atoms with Gasteiger partial charge in [-0.2, -0.15) is 0 Å². The number of aromatic nitrogens is 2. The molecule has 1 N–H and O–H groups in total. The van der Waals surface area contributed by atoms with Crippen LogP contribution in [0.15, 0.2) is 18.7 Å². The topological polar surface area (TPSA) is 164 Å². The molecule has 0 spiro atoms. The van der Waals surface area contributed by atoms with Gasteiger partial charge in [0.1, 0.15) is 5.08 Å². The van der Waals surface area contributed by atoms with Crippen LogP contribution in [0.4, 0.5) is 0 Å². The minimum atomic E-state index is -6.03. The summed E-state index contributed by atoms with van der Waals surface area (Å²) in [5.41, 5.74) is 0. The van der Waals surface area contributed by atoms with E-state index < -0.39 is 26.8 Å². The zero-order valence-electron chi connectivity index (χ0n) is 7.62. The van der Waals surface area contributed by atoms with Crippen molar-refractivity contribution < 1.29 is 33.8 Å². The van der Waals surface area contributed by atoms with Crippen molar-refractivity contribution in [2.45, 2.75) is 11.6 Å². The Kier molecular flexibility index (Phi) is 3.42. The van der Waals surface area contributed by atoms with Crippen LogP contribution in [0.5, 0.6) is 0 Å². The van der Waals surface area contributed by atoms with E-state index in [1.165, 1.54) is 0 Å². The van der Waals surface area contributed by atoms with Gasteiger partial charge in [0.15, 0.2) is 0 Å². The van der Waals surface area contributed by atoms with E-state index in [0.717, 1.165) is 23.3 Å². The van der Waals surface area contributed by atoms with Crippen molar-refractivity contribution in [1.29, 1.82) is 0 Å². The van der Waals surface area contributed by atoms with Gasteiger partial charge in [0, 0.05) is 12.4 Å². The Bertz CT molecular complexity index is 423. The van der Waals surface area contributed by atoms with Crippen molar-refractivity contribution in [2.24, 2.45) is 0 Å². The molecule has 1 aromatic heterocycles. The van der Waals surface area contributed by atoms with E-state index in [-0.39, 0.29) is 0 Å². The number of rotatable bonds is 4. The third-order valence-electron chi connectivity index (χ3n) is 1.83. The fourth-order valence-corrected chi connectivity index (χ4v) is 2.82. The van der Waals surface area contributed by atoms with E-state index in [4.69, 9.17) is 0 Å². The highest BCUT2D eigenvalue weighted by molar-refractivity contribution is 7.69. The van der Waals surface area contributed by atoms with Crippen LogP contribution >= 0.6 is 15.2 Å². The molecule has 16 heavy (non-hydrogen) atoms. The van der Waals surface area contributed by atoms with E-state index in [1.54, 1.807) is 0 Å². The average molecular weight is 268 g/mol. The Hall–Kier alpha value is -0.530. The largest absolute Gasteiger partial charge is 0.808 e. The molecule has 92 valence electrons. The molecule has 11 heteroatoms. The Labute approximate surface area is 89.7 Å². The summed E-state index contributed by atoms with van der Waals surface area (Å²) in [6.07, 6.45) is 3.20. The minimum Gasteiger partial charge on any atom is -0.808 e. The molecule has 0 aromatic carbocycles. The molecule has 0 aliphatic heterocycles. The van der Waals surface area contributed by atoms with Crippen molar-refractivity contribution in [3.8, 4) is 0 Å². The highest BCUT2D eigenvalue weighted by Gasteiger charge is 2.35. The SMILES string of the molecule is O=P([O-])([O-])C(O)(Cn1ccnc1)P(=O)([O-])[O-]. The van der Waals surface area contributed by atoms with Crippen LogP contribution in [0.2, 0.25) is 0 Å². The van der Waals surface area contributed by atoms with E-state index in [9.17, 15) is 33.8 Å². The Morgan fingerprint density at radius 3 is 2.06 bits per heavy atom. The van der Waals surface area contributed by atoms with Crippen LogP contribution in [0.1, 0.15) is 0 Å². The van der Waals surface area contributed by atoms with Gasteiger partial charge in [-0.25, -0.2) is 4.98 Å². The standard InChI is InChI=1S/C5H10N2O7P2/c8-5(15(9,10)11,16(12,13)14)3-7-2-1-6-4-7/h1-2,4,8H,3H2,(H2,9,10,11)(H2,12,13,14)/p-4. The van der Waals surface area contributed by atoms with Crippen molar-refractivity contribution in [3.63, 3.8) is 0 Å². The molecule has 0 fully saturated rings. The second kappa shape index (κ2) is 4.05. The molecule has 0 saturated carbocycles. The summed E-state index contributed by atoms with van der Waals surface area (Å²) in [5.74, 6) is 0. The van der Waals surface area contributed by atoms with Gasteiger partial charge in [-0.15, -0.1) is 0 Å². The molecular formula is C5H6N2O7P2-4. The molecule has 0 amide bonds. The van der Waals surface area contributed by atoms with Crippen LogP contribution in [0.3, 0.4) is 0 Å². The molecule has 0 unspecified atom stereocenters. The molecule has 0 aliphatic carbocycles. The predicted molar refractivity (Wildman–Crippen MR) is 42.4 cm³/mol. The Morgan fingerprint density at radius 1 is 1.25 bits per heavy atom. The minimum absolute atomic E-state index is 0.797. The van der Waals surface area contributed by atoms with Crippen molar-refractivity contribution in [1.82, 2.24) is 9.55 Å². The van der Waals surface area contributed by atoms with E-state index in [1.807, 2.05) is 0 Å². The molecule has 1 rings (SSSR count). The predicted octanol–water partition coefficient (Wildman–Crippen LogP) is -3.64. The third kappa shape index (κ3) is 2.41. The molecule has 0 saturated heterocycles. The van der Waals surface area contributed by atoms with Gasteiger partial charge in [0.05, 0.1) is 12.9 Å². The summed E-state index contributed by atoms with van der Waals surface area (Å²) in [7, 11) is -12.1. The van der Waals surface area contributed by atoms with Crippen LogP contribution in [0.25, 0.3) is 0 Å². The highest BCUT2D eigenvalue weighted by Crippen LogP contribution is 2.59. The second-order valence-electron chi connectivity index (χ2n) is 3.00. The van der Waals surface area contributed by atoms with Crippen LogP contribution < -0.4 is 19.6 Å². The molecule has 1 heterocycles. The van der Waals surface area contributed by atoms with Gasteiger partial charge >= 0.3 is 0 Å². The lowest BCUT2D eigenvalue weighted by molar-refractivity contribution is -0.349.